The van der Waals surface area contributed by atoms with Gasteiger partial charge in [0.15, 0.2) is 0 Å². The number of nitrogens with one attached hydrogen (secondary N) is 1. The Hall–Kier alpha value is -1.80. The Morgan fingerprint density at radius 1 is 1.50 bits per heavy atom. The SMILES string of the molecule is CCCn1c(N)c(N(C)CC(O)COC)c(=O)[nH]c1=O. The largest absolute Gasteiger partial charge is 0.389 e. The number of aliphatic hydroxyl groups is 1. The summed E-state index contributed by atoms with van der Waals surface area (Å²) < 4.78 is 6.15. The number of methoxy groups -OCH3 is 1. The van der Waals surface area contributed by atoms with Crippen LogP contribution in [0.15, 0.2) is 9.59 Å². The first-order chi connectivity index (χ1) is 9.42. The maximum atomic E-state index is 11.9. The zero-order valence-electron chi connectivity index (χ0n) is 12.0. The predicted molar refractivity (Wildman–Crippen MR) is 77.2 cm³/mol. The van der Waals surface area contributed by atoms with Crippen molar-refractivity contribution in [2.75, 3.05) is 37.9 Å². The molecule has 0 aliphatic carbocycles. The molecule has 8 nitrogen and oxygen atoms in total. The van der Waals surface area contributed by atoms with E-state index < -0.39 is 17.4 Å². The van der Waals surface area contributed by atoms with Crippen molar-refractivity contribution >= 4 is 11.5 Å². The lowest BCUT2D eigenvalue weighted by atomic mass is 10.3. The molecule has 0 aliphatic heterocycles. The number of hydrogen-bond donors (Lipinski definition) is 3. The molecular weight excluding hydrogens is 264 g/mol. The number of ether oxygens (including phenoxy) is 1. The summed E-state index contributed by atoms with van der Waals surface area (Å²) in [6.07, 6.45) is -0.0404. The van der Waals surface area contributed by atoms with Gasteiger partial charge in [-0.3, -0.25) is 14.3 Å². The minimum Gasteiger partial charge on any atom is -0.389 e. The summed E-state index contributed by atoms with van der Waals surface area (Å²) in [7, 11) is 3.10. The van der Waals surface area contributed by atoms with E-state index in [0.29, 0.717) is 13.0 Å². The topological polar surface area (TPSA) is 114 Å². The number of hydrogen-bond acceptors (Lipinski definition) is 6. The number of aromatic nitrogens is 2. The first-order valence-corrected chi connectivity index (χ1v) is 6.43. The highest BCUT2D eigenvalue weighted by molar-refractivity contribution is 5.62. The van der Waals surface area contributed by atoms with Crippen LogP contribution in [0.3, 0.4) is 0 Å². The number of rotatable bonds is 7. The third kappa shape index (κ3) is 3.61. The lowest BCUT2D eigenvalue weighted by molar-refractivity contribution is 0.0695. The number of nitrogen functional groups attached to an aromatic ring is 1. The summed E-state index contributed by atoms with van der Waals surface area (Å²) in [5.74, 6) is 0.104. The number of likely N-dealkylation sites (N-methyl/N-ethyl adjacent to an activating group) is 1. The standard InChI is InChI=1S/C12H22N4O4/c1-4-5-16-10(13)9(11(18)14-12(16)19)15(2)6-8(17)7-20-3/h8,17H,4-7,13H2,1-3H3,(H,14,18,19). The van der Waals surface area contributed by atoms with E-state index in [1.165, 1.54) is 16.6 Å². The van der Waals surface area contributed by atoms with Gasteiger partial charge in [0.25, 0.3) is 5.56 Å². The van der Waals surface area contributed by atoms with Gasteiger partial charge in [0.1, 0.15) is 11.5 Å². The van der Waals surface area contributed by atoms with Gasteiger partial charge in [0, 0.05) is 27.2 Å². The Morgan fingerprint density at radius 2 is 2.15 bits per heavy atom. The van der Waals surface area contributed by atoms with E-state index in [1.54, 1.807) is 7.05 Å². The molecule has 8 heteroatoms. The van der Waals surface area contributed by atoms with Gasteiger partial charge in [-0.05, 0) is 6.42 Å². The Balaban J connectivity index is 3.14. The summed E-state index contributed by atoms with van der Waals surface area (Å²) in [4.78, 5) is 27.3. The van der Waals surface area contributed by atoms with Crippen LogP contribution < -0.4 is 21.9 Å². The van der Waals surface area contributed by atoms with Crippen molar-refractivity contribution < 1.29 is 9.84 Å². The number of aliphatic hydroxyl groups excluding tert-OH is 1. The van der Waals surface area contributed by atoms with E-state index >= 15 is 0 Å². The second-order valence-corrected chi connectivity index (χ2v) is 4.63. The molecular formula is C12H22N4O4. The van der Waals surface area contributed by atoms with E-state index in [0.717, 1.165) is 0 Å². The van der Waals surface area contributed by atoms with Crippen molar-refractivity contribution in [1.82, 2.24) is 9.55 Å². The fourth-order valence-electron chi connectivity index (χ4n) is 2.04. The van der Waals surface area contributed by atoms with Crippen LogP contribution in [-0.2, 0) is 11.3 Å². The second kappa shape index (κ2) is 7.11. The lowest BCUT2D eigenvalue weighted by Crippen LogP contribution is -2.40. The molecule has 0 saturated carbocycles. The highest BCUT2D eigenvalue weighted by atomic mass is 16.5. The molecule has 1 aromatic rings. The smallest absolute Gasteiger partial charge is 0.330 e. The predicted octanol–water partition coefficient (Wildman–Crippen LogP) is -1.03. The van der Waals surface area contributed by atoms with E-state index in [2.05, 4.69) is 4.98 Å². The van der Waals surface area contributed by atoms with Crippen LogP contribution in [0.4, 0.5) is 11.5 Å². The average Bonchev–Trinajstić information content (AvgIpc) is 2.34. The zero-order valence-corrected chi connectivity index (χ0v) is 12.0. The quantitative estimate of drug-likeness (QED) is 0.591. The van der Waals surface area contributed by atoms with E-state index in [9.17, 15) is 14.7 Å². The van der Waals surface area contributed by atoms with Crippen LogP contribution in [0.2, 0.25) is 0 Å². The van der Waals surface area contributed by atoms with Crippen LogP contribution in [0.1, 0.15) is 13.3 Å². The molecule has 1 aromatic heterocycles. The summed E-state index contributed by atoms with van der Waals surface area (Å²) in [5, 5.41) is 9.70. The van der Waals surface area contributed by atoms with Gasteiger partial charge >= 0.3 is 5.69 Å². The summed E-state index contributed by atoms with van der Waals surface area (Å²) in [6.45, 7) is 2.65. The molecule has 1 heterocycles. The van der Waals surface area contributed by atoms with Crippen LogP contribution in [-0.4, -0.2) is 48.1 Å². The van der Waals surface area contributed by atoms with E-state index in [-0.39, 0.29) is 24.7 Å². The molecule has 0 aromatic carbocycles. The maximum Gasteiger partial charge on any atom is 0.330 e. The average molecular weight is 286 g/mol. The first kappa shape index (κ1) is 16.3. The van der Waals surface area contributed by atoms with Gasteiger partial charge in [-0.1, -0.05) is 6.92 Å². The third-order valence-electron chi connectivity index (χ3n) is 2.89. The van der Waals surface area contributed by atoms with Gasteiger partial charge in [-0.15, -0.1) is 0 Å². The minimum atomic E-state index is -0.754. The molecule has 0 amide bonds. The molecule has 0 bridgehead atoms. The number of nitrogens with two attached hydrogens (primary N) is 1. The van der Waals surface area contributed by atoms with Crippen LogP contribution in [0, 0.1) is 0 Å². The Morgan fingerprint density at radius 3 is 2.70 bits per heavy atom. The number of nitrogens with zero attached hydrogens (tertiary/aromatic N) is 2. The normalized spacial score (nSPS) is 12.4. The molecule has 0 aliphatic rings. The van der Waals surface area contributed by atoms with E-state index in [1.807, 2.05) is 6.92 Å². The monoisotopic (exact) mass is 286 g/mol. The summed E-state index contributed by atoms with van der Waals surface area (Å²) in [5.41, 5.74) is 5.00. The van der Waals surface area contributed by atoms with Crippen LogP contribution in [0.25, 0.3) is 0 Å². The number of anilines is 2. The molecule has 1 atom stereocenters. The minimum absolute atomic E-state index is 0.104. The van der Waals surface area contributed by atoms with Crippen LogP contribution >= 0.6 is 0 Å². The Kier molecular flexibility index (Phi) is 5.78. The second-order valence-electron chi connectivity index (χ2n) is 4.63. The third-order valence-corrected chi connectivity index (χ3v) is 2.89. The van der Waals surface area contributed by atoms with Crippen molar-refractivity contribution in [3.8, 4) is 0 Å². The number of aromatic amines is 1. The molecule has 0 fully saturated rings. The Bertz CT molecular complexity index is 551. The fourth-order valence-corrected chi connectivity index (χ4v) is 2.04. The van der Waals surface area contributed by atoms with Gasteiger partial charge in [-0.25, -0.2) is 4.79 Å². The zero-order chi connectivity index (χ0) is 15.3. The molecule has 20 heavy (non-hydrogen) atoms. The van der Waals surface area contributed by atoms with Crippen LogP contribution in [0.5, 0.6) is 0 Å². The van der Waals surface area contributed by atoms with Crippen molar-refractivity contribution in [2.24, 2.45) is 0 Å². The number of H-pyrrole nitrogens is 1. The van der Waals surface area contributed by atoms with E-state index in [4.69, 9.17) is 10.5 Å². The molecule has 1 rings (SSSR count). The molecule has 0 spiro atoms. The van der Waals surface area contributed by atoms with Crippen molar-refractivity contribution in [1.29, 1.82) is 0 Å². The molecule has 4 N–H and O–H groups in total. The molecule has 1 unspecified atom stereocenters. The van der Waals surface area contributed by atoms with Crippen molar-refractivity contribution in [3.05, 3.63) is 20.8 Å². The molecule has 0 saturated heterocycles. The maximum absolute atomic E-state index is 11.9. The first-order valence-electron chi connectivity index (χ1n) is 6.43. The van der Waals surface area contributed by atoms with Gasteiger partial charge in [0.2, 0.25) is 0 Å². The summed E-state index contributed by atoms with van der Waals surface area (Å²) >= 11 is 0. The van der Waals surface area contributed by atoms with Gasteiger partial charge < -0.3 is 20.5 Å². The fraction of sp³-hybridized carbons (Fsp3) is 0.667. The Labute approximate surface area is 116 Å². The highest BCUT2D eigenvalue weighted by Crippen LogP contribution is 2.15. The van der Waals surface area contributed by atoms with Gasteiger partial charge in [0.05, 0.1) is 12.7 Å². The van der Waals surface area contributed by atoms with Crippen molar-refractivity contribution in [3.63, 3.8) is 0 Å². The summed E-state index contributed by atoms with van der Waals surface area (Å²) in [6, 6.07) is 0. The van der Waals surface area contributed by atoms with Crippen molar-refractivity contribution in [2.45, 2.75) is 26.0 Å². The molecule has 0 radical (unpaired) electrons. The van der Waals surface area contributed by atoms with Gasteiger partial charge in [-0.2, -0.15) is 0 Å². The highest BCUT2D eigenvalue weighted by Gasteiger charge is 2.18. The lowest BCUT2D eigenvalue weighted by Gasteiger charge is -2.23. The molecule has 114 valence electrons.